The summed E-state index contributed by atoms with van der Waals surface area (Å²) < 4.78 is 5.20. The summed E-state index contributed by atoms with van der Waals surface area (Å²) in [5, 5.41) is 0. The molecule has 3 heteroatoms. The molecule has 4 rings (SSSR count). The minimum absolute atomic E-state index is 0.260. The van der Waals surface area contributed by atoms with Crippen molar-refractivity contribution in [3.05, 3.63) is 59.7 Å². The van der Waals surface area contributed by atoms with Gasteiger partial charge in [-0.05, 0) is 42.7 Å². The molecule has 0 saturated heterocycles. The van der Waals surface area contributed by atoms with Gasteiger partial charge in [-0.15, -0.1) is 0 Å². The Balaban J connectivity index is 1.69. The Hall–Kier alpha value is -2.29. The van der Waals surface area contributed by atoms with Crippen molar-refractivity contribution in [3.63, 3.8) is 0 Å². The van der Waals surface area contributed by atoms with Crippen molar-refractivity contribution in [2.24, 2.45) is 0 Å². The van der Waals surface area contributed by atoms with E-state index < -0.39 is 0 Å². The second-order valence-electron chi connectivity index (χ2n) is 5.81. The van der Waals surface area contributed by atoms with E-state index in [9.17, 15) is 4.79 Å². The van der Waals surface area contributed by atoms with Crippen LogP contribution < -0.4 is 9.64 Å². The summed E-state index contributed by atoms with van der Waals surface area (Å²) in [6.07, 6.45) is 1.94. The van der Waals surface area contributed by atoms with Crippen LogP contribution in [0.3, 0.4) is 0 Å². The number of methoxy groups -OCH3 is 1. The summed E-state index contributed by atoms with van der Waals surface area (Å²) in [7, 11) is 1.67. The maximum Gasteiger partial charge on any atom is 0.190 e. The number of nitrogens with zero attached hydrogens (tertiary/aromatic N) is 1. The number of rotatable bonds is 3. The van der Waals surface area contributed by atoms with Crippen LogP contribution in [-0.2, 0) is 6.54 Å². The van der Waals surface area contributed by atoms with E-state index >= 15 is 0 Å². The third-order valence-electron chi connectivity index (χ3n) is 4.60. The van der Waals surface area contributed by atoms with Crippen LogP contribution in [0.25, 0.3) is 0 Å². The normalized spacial score (nSPS) is 18.0. The molecule has 1 saturated carbocycles. The predicted molar refractivity (Wildman–Crippen MR) is 81.9 cm³/mol. The number of anilines is 1. The zero-order valence-corrected chi connectivity index (χ0v) is 12.0. The molecule has 0 bridgehead atoms. The summed E-state index contributed by atoms with van der Waals surface area (Å²) in [6, 6.07) is 16.0. The van der Waals surface area contributed by atoms with Crippen molar-refractivity contribution in [2.45, 2.75) is 24.9 Å². The molecule has 0 aromatic heterocycles. The van der Waals surface area contributed by atoms with Gasteiger partial charge in [-0.2, -0.15) is 0 Å². The van der Waals surface area contributed by atoms with Crippen LogP contribution >= 0.6 is 0 Å². The van der Waals surface area contributed by atoms with Gasteiger partial charge in [0.25, 0.3) is 0 Å². The van der Waals surface area contributed by atoms with Crippen molar-refractivity contribution in [2.75, 3.05) is 12.0 Å². The molecule has 1 spiro atoms. The lowest BCUT2D eigenvalue weighted by molar-refractivity contribution is 0.0958. The van der Waals surface area contributed by atoms with E-state index in [0.717, 1.165) is 36.4 Å². The topological polar surface area (TPSA) is 29.5 Å². The predicted octanol–water partition coefficient (Wildman–Crippen LogP) is 3.43. The SMILES string of the molecule is COc1ccc(CN2c3ccccc3C(=O)C23CC3)cc1. The number of ether oxygens (including phenoxy) is 1. The average Bonchev–Trinajstić information content (AvgIpc) is 3.30. The molecule has 1 fully saturated rings. The van der Waals surface area contributed by atoms with Gasteiger partial charge in [0, 0.05) is 17.8 Å². The highest BCUT2D eigenvalue weighted by Crippen LogP contribution is 2.53. The summed E-state index contributed by atoms with van der Waals surface area (Å²) in [4.78, 5) is 14.9. The third-order valence-corrected chi connectivity index (χ3v) is 4.60. The van der Waals surface area contributed by atoms with Crippen molar-refractivity contribution in [1.29, 1.82) is 0 Å². The van der Waals surface area contributed by atoms with Gasteiger partial charge in [-0.1, -0.05) is 24.3 Å². The van der Waals surface area contributed by atoms with Gasteiger partial charge in [-0.3, -0.25) is 4.79 Å². The van der Waals surface area contributed by atoms with E-state index in [-0.39, 0.29) is 5.54 Å². The van der Waals surface area contributed by atoms with Gasteiger partial charge < -0.3 is 9.64 Å². The number of fused-ring (bicyclic) bond motifs is 1. The number of hydrogen-bond donors (Lipinski definition) is 0. The lowest BCUT2D eigenvalue weighted by atomic mass is 10.1. The highest BCUT2D eigenvalue weighted by Gasteiger charge is 2.59. The molecule has 0 radical (unpaired) electrons. The first kappa shape index (κ1) is 12.5. The van der Waals surface area contributed by atoms with E-state index in [2.05, 4.69) is 23.1 Å². The Morgan fingerprint density at radius 2 is 1.81 bits per heavy atom. The zero-order valence-electron chi connectivity index (χ0n) is 12.0. The minimum Gasteiger partial charge on any atom is -0.497 e. The standard InChI is InChI=1S/C18H17NO2/c1-21-14-8-6-13(7-9-14)12-19-16-5-3-2-4-15(16)17(20)18(19)10-11-18/h2-9H,10-12H2,1H3. The van der Waals surface area contributed by atoms with E-state index in [1.807, 2.05) is 30.3 Å². The number of carbonyl (C=O) groups is 1. The van der Waals surface area contributed by atoms with Gasteiger partial charge in [0.1, 0.15) is 11.3 Å². The van der Waals surface area contributed by atoms with Crippen LogP contribution in [0.4, 0.5) is 5.69 Å². The molecule has 2 aromatic carbocycles. The van der Waals surface area contributed by atoms with Crippen molar-refractivity contribution >= 4 is 11.5 Å². The van der Waals surface area contributed by atoms with E-state index in [1.54, 1.807) is 7.11 Å². The molecular formula is C18H17NO2. The summed E-state index contributed by atoms with van der Waals surface area (Å²) in [5.41, 5.74) is 2.90. The van der Waals surface area contributed by atoms with Crippen LogP contribution in [0.2, 0.25) is 0 Å². The van der Waals surface area contributed by atoms with E-state index in [0.29, 0.717) is 5.78 Å². The lowest BCUT2D eigenvalue weighted by Crippen LogP contribution is -2.37. The third kappa shape index (κ3) is 1.77. The van der Waals surface area contributed by atoms with Crippen LogP contribution in [0, 0.1) is 0 Å². The number of ketones is 1. The Morgan fingerprint density at radius 1 is 1.10 bits per heavy atom. The first-order valence-electron chi connectivity index (χ1n) is 7.29. The minimum atomic E-state index is -0.260. The smallest absolute Gasteiger partial charge is 0.190 e. The summed E-state index contributed by atoms with van der Waals surface area (Å²) in [6.45, 7) is 0.771. The first-order valence-corrected chi connectivity index (χ1v) is 7.29. The monoisotopic (exact) mass is 279 g/mol. The van der Waals surface area contributed by atoms with Crippen LogP contribution in [-0.4, -0.2) is 18.4 Å². The summed E-state index contributed by atoms with van der Waals surface area (Å²) >= 11 is 0. The van der Waals surface area contributed by atoms with E-state index in [4.69, 9.17) is 4.74 Å². The second-order valence-corrected chi connectivity index (χ2v) is 5.81. The maximum absolute atomic E-state index is 12.6. The van der Waals surface area contributed by atoms with Crippen LogP contribution in [0.1, 0.15) is 28.8 Å². The van der Waals surface area contributed by atoms with Crippen LogP contribution in [0.5, 0.6) is 5.75 Å². The molecule has 1 heterocycles. The molecule has 2 aliphatic rings. The van der Waals surface area contributed by atoms with Gasteiger partial charge >= 0.3 is 0 Å². The molecule has 0 N–H and O–H groups in total. The van der Waals surface area contributed by atoms with Crippen molar-refractivity contribution < 1.29 is 9.53 Å². The largest absolute Gasteiger partial charge is 0.497 e. The molecule has 1 aliphatic carbocycles. The molecule has 2 aromatic rings. The van der Waals surface area contributed by atoms with Gasteiger partial charge in [-0.25, -0.2) is 0 Å². The molecule has 0 unspecified atom stereocenters. The fourth-order valence-electron chi connectivity index (χ4n) is 3.27. The highest BCUT2D eigenvalue weighted by atomic mass is 16.5. The number of benzene rings is 2. The quantitative estimate of drug-likeness (QED) is 0.862. The van der Waals surface area contributed by atoms with Gasteiger partial charge in [0.2, 0.25) is 0 Å². The Morgan fingerprint density at radius 3 is 2.48 bits per heavy atom. The number of para-hydroxylation sites is 1. The fraction of sp³-hybridized carbons (Fsp3) is 0.278. The highest BCUT2D eigenvalue weighted by molar-refractivity contribution is 6.15. The lowest BCUT2D eigenvalue weighted by Gasteiger charge is -2.26. The Labute approximate surface area is 124 Å². The van der Waals surface area contributed by atoms with Crippen LogP contribution in [0.15, 0.2) is 48.5 Å². The molecule has 0 atom stereocenters. The molecule has 3 nitrogen and oxygen atoms in total. The number of hydrogen-bond acceptors (Lipinski definition) is 3. The average molecular weight is 279 g/mol. The summed E-state index contributed by atoms with van der Waals surface area (Å²) in [5.74, 6) is 1.16. The molecular weight excluding hydrogens is 262 g/mol. The van der Waals surface area contributed by atoms with Crippen molar-refractivity contribution in [3.8, 4) is 5.75 Å². The fourth-order valence-corrected chi connectivity index (χ4v) is 3.27. The number of carbonyl (C=O) groups excluding carboxylic acids is 1. The molecule has 106 valence electrons. The Kier molecular flexibility index (Phi) is 2.58. The van der Waals surface area contributed by atoms with E-state index in [1.165, 1.54) is 5.56 Å². The Bertz CT molecular complexity index is 701. The number of Topliss-reactive ketones (excluding diaryl/α,β-unsaturated/α-hetero) is 1. The molecule has 21 heavy (non-hydrogen) atoms. The molecule has 1 aliphatic heterocycles. The second kappa shape index (κ2) is 4.35. The van der Waals surface area contributed by atoms with Gasteiger partial charge in [0.05, 0.1) is 7.11 Å². The molecule has 0 amide bonds. The first-order chi connectivity index (χ1) is 10.2. The zero-order chi connectivity index (χ0) is 14.4. The van der Waals surface area contributed by atoms with Crippen molar-refractivity contribution in [1.82, 2.24) is 0 Å². The van der Waals surface area contributed by atoms with Gasteiger partial charge in [0.15, 0.2) is 5.78 Å². The maximum atomic E-state index is 12.6.